The molecule has 0 atom stereocenters. The fourth-order valence-electron chi connectivity index (χ4n) is 1.40. The Morgan fingerprint density at radius 3 is 2.82 bits per heavy atom. The van der Waals surface area contributed by atoms with E-state index in [1.54, 1.807) is 0 Å². The van der Waals surface area contributed by atoms with E-state index in [9.17, 15) is 0 Å². The second-order valence-corrected chi connectivity index (χ2v) is 4.06. The van der Waals surface area contributed by atoms with Gasteiger partial charge in [-0.25, -0.2) is 0 Å². The third-order valence-electron chi connectivity index (χ3n) is 2.53. The lowest BCUT2D eigenvalue weighted by Crippen LogP contribution is -2.16. The molecule has 1 aromatic heterocycles. The fraction of sp³-hybridized carbons (Fsp3) is 0.667. The first-order chi connectivity index (χ1) is 8.38. The van der Waals surface area contributed by atoms with E-state index < -0.39 is 0 Å². The SMILES string of the molecule is CCOCCOc1ccc(CNC2CC2)nn1. The molecule has 0 bridgehead atoms. The lowest BCUT2D eigenvalue weighted by molar-refractivity contribution is 0.108. The summed E-state index contributed by atoms with van der Waals surface area (Å²) in [5.74, 6) is 0.555. The van der Waals surface area contributed by atoms with Crippen LogP contribution in [-0.2, 0) is 11.3 Å². The van der Waals surface area contributed by atoms with Crippen LogP contribution in [0, 0.1) is 0 Å². The van der Waals surface area contributed by atoms with E-state index in [2.05, 4.69) is 15.5 Å². The third-order valence-corrected chi connectivity index (χ3v) is 2.53. The summed E-state index contributed by atoms with van der Waals surface area (Å²) < 4.78 is 10.5. The molecule has 1 fully saturated rings. The van der Waals surface area contributed by atoms with Crippen LogP contribution in [0.4, 0.5) is 0 Å². The smallest absolute Gasteiger partial charge is 0.233 e. The molecule has 0 spiro atoms. The summed E-state index contributed by atoms with van der Waals surface area (Å²) in [7, 11) is 0. The number of aromatic nitrogens is 2. The minimum atomic E-state index is 0.516. The van der Waals surface area contributed by atoms with Gasteiger partial charge in [-0.15, -0.1) is 5.10 Å². The van der Waals surface area contributed by atoms with E-state index >= 15 is 0 Å². The molecule has 5 nitrogen and oxygen atoms in total. The summed E-state index contributed by atoms with van der Waals surface area (Å²) in [4.78, 5) is 0. The highest BCUT2D eigenvalue weighted by molar-refractivity contribution is 5.11. The molecule has 0 amide bonds. The van der Waals surface area contributed by atoms with Gasteiger partial charge in [0.25, 0.3) is 0 Å². The second kappa shape index (κ2) is 6.51. The summed E-state index contributed by atoms with van der Waals surface area (Å²) in [5, 5.41) is 11.5. The van der Waals surface area contributed by atoms with Crippen molar-refractivity contribution < 1.29 is 9.47 Å². The van der Waals surface area contributed by atoms with Gasteiger partial charge in [-0.2, -0.15) is 5.10 Å². The molecular weight excluding hydrogens is 218 g/mol. The van der Waals surface area contributed by atoms with E-state index in [1.165, 1.54) is 12.8 Å². The zero-order valence-corrected chi connectivity index (χ0v) is 10.2. The zero-order chi connectivity index (χ0) is 11.9. The van der Waals surface area contributed by atoms with Gasteiger partial charge in [0.1, 0.15) is 6.61 Å². The van der Waals surface area contributed by atoms with Crippen LogP contribution in [0.2, 0.25) is 0 Å². The van der Waals surface area contributed by atoms with Crippen molar-refractivity contribution in [1.82, 2.24) is 15.5 Å². The molecule has 1 saturated carbocycles. The lowest BCUT2D eigenvalue weighted by Gasteiger charge is -2.05. The summed E-state index contributed by atoms with van der Waals surface area (Å²) in [6, 6.07) is 4.49. The Kier molecular flexibility index (Phi) is 4.70. The summed E-state index contributed by atoms with van der Waals surface area (Å²) in [6.45, 7) is 4.56. The summed E-state index contributed by atoms with van der Waals surface area (Å²) >= 11 is 0. The van der Waals surface area contributed by atoms with E-state index in [0.29, 0.717) is 31.7 Å². The Morgan fingerprint density at radius 2 is 2.18 bits per heavy atom. The van der Waals surface area contributed by atoms with Gasteiger partial charge < -0.3 is 14.8 Å². The van der Waals surface area contributed by atoms with Gasteiger partial charge in [-0.3, -0.25) is 0 Å². The van der Waals surface area contributed by atoms with Gasteiger partial charge in [-0.1, -0.05) is 0 Å². The highest BCUT2D eigenvalue weighted by atomic mass is 16.5. The molecule has 1 N–H and O–H groups in total. The molecule has 0 radical (unpaired) electrons. The molecule has 5 heteroatoms. The van der Waals surface area contributed by atoms with Crippen molar-refractivity contribution in [3.8, 4) is 5.88 Å². The highest BCUT2D eigenvalue weighted by Crippen LogP contribution is 2.19. The molecule has 1 aromatic rings. The second-order valence-electron chi connectivity index (χ2n) is 4.06. The number of rotatable bonds is 8. The molecular formula is C12H19N3O2. The van der Waals surface area contributed by atoms with Crippen molar-refractivity contribution in [2.24, 2.45) is 0 Å². The van der Waals surface area contributed by atoms with Crippen molar-refractivity contribution in [1.29, 1.82) is 0 Å². The van der Waals surface area contributed by atoms with Crippen molar-refractivity contribution in [3.05, 3.63) is 17.8 Å². The summed E-state index contributed by atoms with van der Waals surface area (Å²) in [6.07, 6.45) is 2.57. The Balaban J connectivity index is 1.68. The molecule has 1 aliphatic rings. The number of hydrogen-bond donors (Lipinski definition) is 1. The van der Waals surface area contributed by atoms with Crippen LogP contribution in [0.3, 0.4) is 0 Å². The molecule has 2 rings (SSSR count). The first-order valence-electron chi connectivity index (χ1n) is 6.15. The van der Waals surface area contributed by atoms with Gasteiger partial charge in [0, 0.05) is 25.3 Å². The average molecular weight is 237 g/mol. The number of nitrogens with zero attached hydrogens (tertiary/aromatic N) is 2. The van der Waals surface area contributed by atoms with Crippen LogP contribution in [0.15, 0.2) is 12.1 Å². The first kappa shape index (κ1) is 12.3. The number of ether oxygens (including phenoxy) is 2. The van der Waals surface area contributed by atoms with Gasteiger partial charge in [0.2, 0.25) is 5.88 Å². The fourth-order valence-corrected chi connectivity index (χ4v) is 1.40. The average Bonchev–Trinajstić information content (AvgIpc) is 3.18. The van der Waals surface area contributed by atoms with Crippen LogP contribution in [-0.4, -0.2) is 36.1 Å². The van der Waals surface area contributed by atoms with E-state index in [1.807, 2.05) is 19.1 Å². The minimum Gasteiger partial charge on any atom is -0.474 e. The van der Waals surface area contributed by atoms with Gasteiger partial charge >= 0.3 is 0 Å². The summed E-state index contributed by atoms with van der Waals surface area (Å²) in [5.41, 5.74) is 0.953. The Labute approximate surface area is 102 Å². The van der Waals surface area contributed by atoms with Crippen LogP contribution in [0.25, 0.3) is 0 Å². The van der Waals surface area contributed by atoms with E-state index in [0.717, 1.165) is 12.2 Å². The number of hydrogen-bond acceptors (Lipinski definition) is 5. The third kappa shape index (κ3) is 4.66. The Hall–Kier alpha value is -1.20. The Bertz CT molecular complexity index is 325. The monoisotopic (exact) mass is 237 g/mol. The Morgan fingerprint density at radius 1 is 1.29 bits per heavy atom. The predicted molar refractivity (Wildman–Crippen MR) is 63.9 cm³/mol. The molecule has 0 unspecified atom stereocenters. The maximum absolute atomic E-state index is 5.38. The molecule has 1 heterocycles. The molecule has 0 aromatic carbocycles. The molecule has 1 aliphatic carbocycles. The van der Waals surface area contributed by atoms with Crippen LogP contribution in [0.1, 0.15) is 25.5 Å². The van der Waals surface area contributed by atoms with E-state index in [4.69, 9.17) is 9.47 Å². The van der Waals surface area contributed by atoms with Crippen LogP contribution in [0.5, 0.6) is 5.88 Å². The van der Waals surface area contributed by atoms with E-state index in [-0.39, 0.29) is 0 Å². The quantitative estimate of drug-likeness (QED) is 0.687. The predicted octanol–water partition coefficient (Wildman–Crippen LogP) is 1.14. The van der Waals surface area contributed by atoms with Crippen LogP contribution < -0.4 is 10.1 Å². The van der Waals surface area contributed by atoms with Crippen molar-refractivity contribution >= 4 is 0 Å². The molecule has 94 valence electrons. The molecule has 0 saturated heterocycles. The van der Waals surface area contributed by atoms with Gasteiger partial charge in [0.15, 0.2) is 0 Å². The molecule has 0 aliphatic heterocycles. The topological polar surface area (TPSA) is 56.3 Å². The zero-order valence-electron chi connectivity index (χ0n) is 10.2. The largest absolute Gasteiger partial charge is 0.474 e. The lowest BCUT2D eigenvalue weighted by atomic mass is 10.4. The van der Waals surface area contributed by atoms with Crippen LogP contribution >= 0.6 is 0 Å². The maximum Gasteiger partial charge on any atom is 0.233 e. The normalized spacial score (nSPS) is 14.9. The highest BCUT2D eigenvalue weighted by Gasteiger charge is 2.20. The van der Waals surface area contributed by atoms with Gasteiger partial charge in [0.05, 0.1) is 12.3 Å². The van der Waals surface area contributed by atoms with Crippen molar-refractivity contribution in [2.75, 3.05) is 19.8 Å². The van der Waals surface area contributed by atoms with Crippen molar-refractivity contribution in [2.45, 2.75) is 32.4 Å². The minimum absolute atomic E-state index is 0.516. The maximum atomic E-state index is 5.38. The standard InChI is InChI=1S/C12H19N3O2/c1-2-16-7-8-17-12-6-5-11(14-15-12)9-13-10-3-4-10/h5-6,10,13H,2-4,7-9H2,1H3. The first-order valence-corrected chi connectivity index (χ1v) is 6.15. The van der Waals surface area contributed by atoms with Gasteiger partial charge in [-0.05, 0) is 25.8 Å². The number of nitrogens with one attached hydrogen (secondary N) is 1. The molecule has 17 heavy (non-hydrogen) atoms. The van der Waals surface area contributed by atoms with Crippen molar-refractivity contribution in [3.63, 3.8) is 0 Å².